The van der Waals surface area contributed by atoms with Crippen LogP contribution >= 0.6 is 0 Å². The molecule has 0 radical (unpaired) electrons. The molecule has 1 amide bonds. The first-order valence-electron chi connectivity index (χ1n) is 8.80. The number of alkyl halides is 2. The van der Waals surface area contributed by atoms with E-state index in [1.807, 2.05) is 6.07 Å². The lowest BCUT2D eigenvalue weighted by atomic mass is 10.1. The Balaban J connectivity index is 1.64. The first kappa shape index (κ1) is 19.5. The van der Waals surface area contributed by atoms with E-state index in [0.29, 0.717) is 11.1 Å². The first-order chi connectivity index (χ1) is 13.5. The van der Waals surface area contributed by atoms with Crippen LogP contribution in [0.3, 0.4) is 0 Å². The zero-order valence-electron chi connectivity index (χ0n) is 14.9. The van der Waals surface area contributed by atoms with Crippen LogP contribution in [0.2, 0.25) is 0 Å². The van der Waals surface area contributed by atoms with Crippen LogP contribution in [0.15, 0.2) is 60.7 Å². The molecular formula is C21H19F2NO4. The number of esters is 1. The molecule has 2 aromatic rings. The normalized spacial score (nSPS) is 14.7. The Morgan fingerprint density at radius 1 is 1.04 bits per heavy atom. The molecule has 28 heavy (non-hydrogen) atoms. The summed E-state index contributed by atoms with van der Waals surface area (Å²) in [6.45, 7) is -2.90. The molecule has 1 atom stereocenters. The van der Waals surface area contributed by atoms with Gasteiger partial charge in [-0.05, 0) is 36.6 Å². The standard InChI is InChI=1S/C21H19F2NO4/c22-21(23)27-17-11-6-14(7-12-17)8-13-18(25)28-19(15-4-2-1-3-5-15)20(26)24-16-9-10-16/h1-8,11-13,16,19,21H,9-10H2,(H,24,26). The predicted molar refractivity (Wildman–Crippen MR) is 98.5 cm³/mol. The Morgan fingerprint density at radius 2 is 1.71 bits per heavy atom. The summed E-state index contributed by atoms with van der Waals surface area (Å²) in [6.07, 6.45) is 3.46. The van der Waals surface area contributed by atoms with E-state index in [-0.39, 0.29) is 17.7 Å². The molecule has 0 aromatic heterocycles. The summed E-state index contributed by atoms with van der Waals surface area (Å²) in [5, 5.41) is 2.84. The first-order valence-corrected chi connectivity index (χ1v) is 8.80. The van der Waals surface area contributed by atoms with Crippen LogP contribution < -0.4 is 10.1 Å². The molecule has 0 spiro atoms. The Bertz CT molecular complexity index is 833. The summed E-state index contributed by atoms with van der Waals surface area (Å²) in [5.41, 5.74) is 1.17. The number of carbonyl (C=O) groups is 2. The van der Waals surface area contributed by atoms with E-state index in [0.717, 1.165) is 12.8 Å². The van der Waals surface area contributed by atoms with Crippen molar-refractivity contribution in [3.05, 3.63) is 71.8 Å². The SMILES string of the molecule is O=C(C=Cc1ccc(OC(F)F)cc1)OC(C(=O)NC1CC1)c1ccccc1. The van der Waals surface area contributed by atoms with Gasteiger partial charge in [0.2, 0.25) is 6.10 Å². The number of ether oxygens (including phenoxy) is 2. The van der Waals surface area contributed by atoms with Gasteiger partial charge in [-0.3, -0.25) is 4.79 Å². The highest BCUT2D eigenvalue weighted by atomic mass is 19.3. The number of hydrogen-bond donors (Lipinski definition) is 1. The van der Waals surface area contributed by atoms with Gasteiger partial charge in [0.05, 0.1) is 0 Å². The molecule has 1 aliphatic rings. The van der Waals surface area contributed by atoms with Crippen molar-refractivity contribution in [2.75, 3.05) is 0 Å². The molecule has 146 valence electrons. The van der Waals surface area contributed by atoms with Crippen LogP contribution in [0.25, 0.3) is 6.08 Å². The minimum absolute atomic E-state index is 0.0237. The lowest BCUT2D eigenvalue weighted by Gasteiger charge is -2.17. The number of rotatable bonds is 8. The Kier molecular flexibility index (Phi) is 6.37. The molecule has 1 aliphatic carbocycles. The second-order valence-corrected chi connectivity index (χ2v) is 6.29. The second-order valence-electron chi connectivity index (χ2n) is 6.29. The van der Waals surface area contributed by atoms with Gasteiger partial charge in [-0.2, -0.15) is 8.78 Å². The molecule has 1 unspecified atom stereocenters. The van der Waals surface area contributed by atoms with E-state index in [9.17, 15) is 18.4 Å². The Morgan fingerprint density at radius 3 is 2.32 bits per heavy atom. The monoisotopic (exact) mass is 387 g/mol. The Hall–Kier alpha value is -3.22. The molecular weight excluding hydrogens is 368 g/mol. The fourth-order valence-corrected chi connectivity index (χ4v) is 2.49. The van der Waals surface area contributed by atoms with Crippen LogP contribution in [0.1, 0.15) is 30.1 Å². The fourth-order valence-electron chi connectivity index (χ4n) is 2.49. The number of carbonyl (C=O) groups excluding carboxylic acids is 2. The average Bonchev–Trinajstić information content (AvgIpc) is 3.49. The molecule has 0 bridgehead atoms. The predicted octanol–water partition coefficient (Wildman–Crippen LogP) is 3.86. The highest BCUT2D eigenvalue weighted by molar-refractivity contribution is 5.91. The van der Waals surface area contributed by atoms with Gasteiger partial charge in [-0.25, -0.2) is 4.79 Å². The maximum Gasteiger partial charge on any atom is 0.387 e. The summed E-state index contributed by atoms with van der Waals surface area (Å²) in [4.78, 5) is 24.6. The van der Waals surface area contributed by atoms with Crippen molar-refractivity contribution in [3.63, 3.8) is 0 Å². The maximum atomic E-state index is 12.4. The van der Waals surface area contributed by atoms with Crippen LogP contribution in [0.5, 0.6) is 5.75 Å². The van der Waals surface area contributed by atoms with E-state index in [4.69, 9.17) is 4.74 Å². The van der Waals surface area contributed by atoms with Crippen LogP contribution in [-0.2, 0) is 14.3 Å². The minimum atomic E-state index is -2.90. The molecule has 1 N–H and O–H groups in total. The van der Waals surface area contributed by atoms with Crippen LogP contribution in [-0.4, -0.2) is 24.5 Å². The van der Waals surface area contributed by atoms with Gasteiger partial charge < -0.3 is 14.8 Å². The molecule has 0 saturated heterocycles. The van der Waals surface area contributed by atoms with Gasteiger partial charge in [0.15, 0.2) is 0 Å². The van der Waals surface area contributed by atoms with Crippen LogP contribution in [0.4, 0.5) is 8.78 Å². The molecule has 1 fully saturated rings. The zero-order valence-corrected chi connectivity index (χ0v) is 14.9. The number of hydrogen-bond acceptors (Lipinski definition) is 4. The third-order valence-corrected chi connectivity index (χ3v) is 4.02. The summed E-state index contributed by atoms with van der Waals surface area (Å²) < 4.78 is 33.9. The summed E-state index contributed by atoms with van der Waals surface area (Å²) in [6, 6.07) is 14.7. The van der Waals surface area contributed by atoms with Gasteiger partial charge in [0.25, 0.3) is 5.91 Å². The molecule has 2 aromatic carbocycles. The van der Waals surface area contributed by atoms with Crippen molar-refractivity contribution in [1.82, 2.24) is 5.32 Å². The van der Waals surface area contributed by atoms with Crippen molar-refractivity contribution in [1.29, 1.82) is 0 Å². The fraction of sp³-hybridized carbons (Fsp3) is 0.238. The van der Waals surface area contributed by atoms with Gasteiger partial charge in [0, 0.05) is 17.7 Å². The van der Waals surface area contributed by atoms with E-state index >= 15 is 0 Å². The van der Waals surface area contributed by atoms with E-state index < -0.39 is 18.7 Å². The summed E-state index contributed by atoms with van der Waals surface area (Å²) >= 11 is 0. The smallest absolute Gasteiger partial charge is 0.387 e. The Labute approximate surface area is 161 Å². The van der Waals surface area contributed by atoms with Gasteiger partial charge in [-0.1, -0.05) is 42.5 Å². The zero-order chi connectivity index (χ0) is 19.9. The molecule has 7 heteroatoms. The maximum absolute atomic E-state index is 12.4. The van der Waals surface area contributed by atoms with Crippen molar-refractivity contribution >= 4 is 18.0 Å². The number of amides is 1. The topological polar surface area (TPSA) is 64.6 Å². The molecule has 1 saturated carbocycles. The molecule has 5 nitrogen and oxygen atoms in total. The van der Waals surface area contributed by atoms with Crippen molar-refractivity contribution in [2.45, 2.75) is 31.6 Å². The highest BCUT2D eigenvalue weighted by Gasteiger charge is 2.30. The van der Waals surface area contributed by atoms with Gasteiger partial charge in [-0.15, -0.1) is 0 Å². The summed E-state index contributed by atoms with van der Waals surface area (Å²) in [5.74, 6) is -1.02. The minimum Gasteiger partial charge on any atom is -0.444 e. The highest BCUT2D eigenvalue weighted by Crippen LogP contribution is 2.23. The third kappa shape index (κ3) is 5.90. The number of nitrogens with one attached hydrogen (secondary N) is 1. The molecule has 0 aliphatic heterocycles. The number of halogens is 2. The van der Waals surface area contributed by atoms with E-state index in [2.05, 4.69) is 10.1 Å². The largest absolute Gasteiger partial charge is 0.444 e. The van der Waals surface area contributed by atoms with Crippen molar-refractivity contribution < 1.29 is 27.8 Å². The van der Waals surface area contributed by atoms with Gasteiger partial charge in [0.1, 0.15) is 5.75 Å². The summed E-state index contributed by atoms with van der Waals surface area (Å²) in [7, 11) is 0. The van der Waals surface area contributed by atoms with Crippen LogP contribution in [0, 0.1) is 0 Å². The van der Waals surface area contributed by atoms with E-state index in [1.165, 1.54) is 36.4 Å². The lowest BCUT2D eigenvalue weighted by Crippen LogP contribution is -2.33. The third-order valence-electron chi connectivity index (χ3n) is 4.02. The number of benzene rings is 2. The second kappa shape index (κ2) is 9.12. The van der Waals surface area contributed by atoms with Gasteiger partial charge >= 0.3 is 12.6 Å². The molecule has 0 heterocycles. The quantitative estimate of drug-likeness (QED) is 0.552. The average molecular weight is 387 g/mol. The van der Waals surface area contributed by atoms with E-state index in [1.54, 1.807) is 24.3 Å². The van der Waals surface area contributed by atoms with Crippen molar-refractivity contribution in [3.8, 4) is 5.75 Å². The molecule has 3 rings (SSSR count). The van der Waals surface area contributed by atoms with Crippen molar-refractivity contribution in [2.24, 2.45) is 0 Å². The lowest BCUT2D eigenvalue weighted by molar-refractivity contribution is -0.151.